The van der Waals surface area contributed by atoms with Crippen LogP contribution in [-0.4, -0.2) is 20.6 Å². The monoisotopic (exact) mass is 264 g/mol. The summed E-state index contributed by atoms with van der Waals surface area (Å²) in [6.07, 6.45) is 2.27. The molecule has 0 aliphatic carbocycles. The summed E-state index contributed by atoms with van der Waals surface area (Å²) in [4.78, 5) is 14.8. The van der Waals surface area contributed by atoms with Gasteiger partial charge in [0.15, 0.2) is 0 Å². The molecule has 0 unspecified atom stereocenters. The van der Waals surface area contributed by atoms with Gasteiger partial charge in [0.05, 0.1) is 18.3 Å². The van der Waals surface area contributed by atoms with Gasteiger partial charge in [-0.15, -0.1) is 0 Å². The van der Waals surface area contributed by atoms with Gasteiger partial charge >= 0.3 is 5.97 Å². The summed E-state index contributed by atoms with van der Waals surface area (Å²) in [6, 6.07) is 7.47. The maximum Gasteiger partial charge on any atom is 0.303 e. The molecular formula is C13H13ClN2O2. The van der Waals surface area contributed by atoms with Crippen molar-refractivity contribution in [3.63, 3.8) is 0 Å². The Labute approximate surface area is 110 Å². The Balaban J connectivity index is 2.25. The van der Waals surface area contributed by atoms with Gasteiger partial charge in [-0.3, -0.25) is 4.79 Å². The van der Waals surface area contributed by atoms with Crippen LogP contribution in [0.15, 0.2) is 30.5 Å². The van der Waals surface area contributed by atoms with E-state index >= 15 is 0 Å². The summed E-state index contributed by atoms with van der Waals surface area (Å²) >= 11 is 5.84. The highest BCUT2D eigenvalue weighted by Crippen LogP contribution is 2.22. The highest BCUT2D eigenvalue weighted by atomic mass is 35.5. The molecule has 18 heavy (non-hydrogen) atoms. The molecule has 0 saturated heterocycles. The molecule has 0 amide bonds. The molecule has 0 radical (unpaired) electrons. The minimum absolute atomic E-state index is 0.0882. The number of carboxylic acids is 1. The van der Waals surface area contributed by atoms with Gasteiger partial charge in [-0.2, -0.15) is 0 Å². The summed E-state index contributed by atoms with van der Waals surface area (Å²) in [5.41, 5.74) is 1.96. The highest BCUT2D eigenvalue weighted by molar-refractivity contribution is 6.30. The Kier molecular flexibility index (Phi) is 3.67. The number of aromatic nitrogens is 2. The Bertz CT molecular complexity index is 561. The maximum atomic E-state index is 10.5. The lowest BCUT2D eigenvalue weighted by molar-refractivity contribution is -0.137. The largest absolute Gasteiger partial charge is 0.481 e. The van der Waals surface area contributed by atoms with Gasteiger partial charge in [0.2, 0.25) is 0 Å². The van der Waals surface area contributed by atoms with Crippen molar-refractivity contribution in [2.24, 2.45) is 7.05 Å². The van der Waals surface area contributed by atoms with Gasteiger partial charge in [0, 0.05) is 18.5 Å². The fourth-order valence-electron chi connectivity index (χ4n) is 1.79. The molecule has 0 spiro atoms. The minimum Gasteiger partial charge on any atom is -0.481 e. The number of imidazole rings is 1. The van der Waals surface area contributed by atoms with E-state index in [1.54, 1.807) is 6.20 Å². The van der Waals surface area contributed by atoms with Crippen molar-refractivity contribution >= 4 is 17.6 Å². The molecule has 1 aromatic heterocycles. The summed E-state index contributed by atoms with van der Waals surface area (Å²) < 4.78 is 1.91. The third kappa shape index (κ3) is 2.71. The number of hydrogen-bond acceptors (Lipinski definition) is 2. The molecule has 1 heterocycles. The molecule has 0 aliphatic rings. The van der Waals surface area contributed by atoms with Crippen molar-refractivity contribution in [3.05, 3.63) is 41.3 Å². The molecule has 0 fully saturated rings. The van der Waals surface area contributed by atoms with Crippen molar-refractivity contribution in [1.82, 2.24) is 9.55 Å². The van der Waals surface area contributed by atoms with E-state index in [4.69, 9.17) is 16.7 Å². The second-order valence-electron chi connectivity index (χ2n) is 4.02. The van der Waals surface area contributed by atoms with Crippen molar-refractivity contribution in [2.45, 2.75) is 12.8 Å². The first-order valence-corrected chi connectivity index (χ1v) is 5.94. The number of benzene rings is 1. The molecule has 2 rings (SSSR count). The first-order valence-electron chi connectivity index (χ1n) is 5.56. The van der Waals surface area contributed by atoms with E-state index in [0.29, 0.717) is 11.4 Å². The average Bonchev–Trinajstić information content (AvgIpc) is 2.69. The van der Waals surface area contributed by atoms with E-state index in [1.165, 1.54) is 0 Å². The fourth-order valence-corrected chi connectivity index (χ4v) is 1.91. The van der Waals surface area contributed by atoms with Crippen LogP contribution >= 0.6 is 11.6 Å². The van der Waals surface area contributed by atoms with E-state index in [1.807, 2.05) is 35.9 Å². The minimum atomic E-state index is -0.814. The second kappa shape index (κ2) is 5.23. The van der Waals surface area contributed by atoms with Crippen LogP contribution in [0.1, 0.15) is 12.2 Å². The molecule has 0 atom stereocenters. The second-order valence-corrected chi connectivity index (χ2v) is 4.46. The number of halogens is 1. The number of carboxylic acid groups (broad SMARTS) is 1. The fraction of sp³-hybridized carbons (Fsp3) is 0.231. The molecule has 1 aromatic carbocycles. The smallest absolute Gasteiger partial charge is 0.303 e. The SMILES string of the molecule is Cn1c(-c2ccc(Cl)cc2)cnc1CCC(=O)O. The van der Waals surface area contributed by atoms with Crippen LogP contribution in [0.4, 0.5) is 0 Å². The summed E-state index contributed by atoms with van der Waals surface area (Å²) in [5, 5.41) is 9.36. The lowest BCUT2D eigenvalue weighted by atomic mass is 10.2. The summed E-state index contributed by atoms with van der Waals surface area (Å²) in [7, 11) is 1.88. The first-order chi connectivity index (χ1) is 8.58. The number of rotatable bonds is 4. The molecule has 4 nitrogen and oxygen atoms in total. The maximum absolute atomic E-state index is 10.5. The van der Waals surface area contributed by atoms with Crippen LogP contribution < -0.4 is 0 Å². The number of hydrogen-bond donors (Lipinski definition) is 1. The van der Waals surface area contributed by atoms with Gasteiger partial charge in [-0.25, -0.2) is 4.98 Å². The van der Waals surface area contributed by atoms with E-state index < -0.39 is 5.97 Å². The summed E-state index contributed by atoms with van der Waals surface area (Å²) in [6.45, 7) is 0. The summed E-state index contributed by atoms with van der Waals surface area (Å²) in [5.74, 6) is -0.0478. The molecule has 5 heteroatoms. The number of nitrogens with zero attached hydrogens (tertiary/aromatic N) is 2. The van der Waals surface area contributed by atoms with Crippen molar-refractivity contribution in [1.29, 1.82) is 0 Å². The number of carbonyl (C=O) groups is 1. The zero-order chi connectivity index (χ0) is 13.1. The van der Waals surface area contributed by atoms with Crippen LogP contribution in [0, 0.1) is 0 Å². The van der Waals surface area contributed by atoms with Crippen LogP contribution in [-0.2, 0) is 18.3 Å². The van der Waals surface area contributed by atoms with Crippen molar-refractivity contribution in [3.8, 4) is 11.3 Å². The lowest BCUT2D eigenvalue weighted by Gasteiger charge is -2.05. The van der Waals surface area contributed by atoms with E-state index in [2.05, 4.69) is 4.98 Å². The molecule has 1 N–H and O–H groups in total. The van der Waals surface area contributed by atoms with Crippen molar-refractivity contribution < 1.29 is 9.90 Å². The predicted octanol–water partition coefficient (Wildman–Crippen LogP) is 2.76. The van der Waals surface area contributed by atoms with Crippen LogP contribution in [0.5, 0.6) is 0 Å². The third-order valence-corrected chi connectivity index (χ3v) is 3.04. The quantitative estimate of drug-likeness (QED) is 0.924. The van der Waals surface area contributed by atoms with Gasteiger partial charge in [-0.1, -0.05) is 23.7 Å². The average molecular weight is 265 g/mol. The molecule has 2 aromatic rings. The highest BCUT2D eigenvalue weighted by Gasteiger charge is 2.09. The molecule has 0 bridgehead atoms. The topological polar surface area (TPSA) is 55.1 Å². The molecule has 94 valence electrons. The molecule has 0 saturated carbocycles. The van der Waals surface area contributed by atoms with Gasteiger partial charge in [0.25, 0.3) is 0 Å². The number of aliphatic carboxylic acids is 1. The van der Waals surface area contributed by atoms with E-state index in [9.17, 15) is 4.79 Å². The third-order valence-electron chi connectivity index (χ3n) is 2.79. The zero-order valence-electron chi connectivity index (χ0n) is 9.93. The van der Waals surface area contributed by atoms with Crippen molar-refractivity contribution in [2.75, 3.05) is 0 Å². The Morgan fingerprint density at radius 3 is 2.67 bits per heavy atom. The zero-order valence-corrected chi connectivity index (χ0v) is 10.7. The Hall–Kier alpha value is -1.81. The number of aryl methyl sites for hydroxylation is 1. The normalized spacial score (nSPS) is 10.6. The molecular weight excluding hydrogens is 252 g/mol. The standard InChI is InChI=1S/C13H13ClN2O2/c1-16-11(9-2-4-10(14)5-3-9)8-15-12(16)6-7-13(17)18/h2-5,8H,6-7H2,1H3,(H,17,18). The lowest BCUT2D eigenvalue weighted by Crippen LogP contribution is -2.04. The van der Waals surface area contributed by atoms with Gasteiger partial charge in [0.1, 0.15) is 5.82 Å². The first kappa shape index (κ1) is 12.6. The predicted molar refractivity (Wildman–Crippen MR) is 69.6 cm³/mol. The van der Waals surface area contributed by atoms with Crippen LogP contribution in [0.25, 0.3) is 11.3 Å². The van der Waals surface area contributed by atoms with E-state index in [0.717, 1.165) is 17.1 Å². The van der Waals surface area contributed by atoms with E-state index in [-0.39, 0.29) is 6.42 Å². The van der Waals surface area contributed by atoms with Crippen LogP contribution in [0.2, 0.25) is 5.02 Å². The molecule has 0 aliphatic heterocycles. The van der Waals surface area contributed by atoms with Gasteiger partial charge in [-0.05, 0) is 17.7 Å². The Morgan fingerprint density at radius 2 is 2.06 bits per heavy atom. The Morgan fingerprint density at radius 1 is 1.39 bits per heavy atom. The van der Waals surface area contributed by atoms with Crippen LogP contribution in [0.3, 0.4) is 0 Å². The van der Waals surface area contributed by atoms with Gasteiger partial charge < -0.3 is 9.67 Å².